The van der Waals surface area contributed by atoms with Crippen molar-refractivity contribution in [3.05, 3.63) is 65.2 Å². The molecule has 0 aliphatic heterocycles. The fourth-order valence-corrected chi connectivity index (χ4v) is 2.32. The molecule has 0 unspecified atom stereocenters. The molecule has 3 N–H and O–H groups in total. The standard InChI is InChI=1S/C19H23N3O3/c1-14-5-3-8-17(9-14)22-19(24)21-12-18(23)20-11-15-6-4-7-16(10-15)13-25-2/h3-10H,11-13H2,1-2H3,(H,20,23)(H2,21,22,24). The number of benzene rings is 2. The van der Waals surface area contributed by atoms with Crippen LogP contribution in [0, 0.1) is 6.92 Å². The first-order valence-electron chi connectivity index (χ1n) is 8.02. The molecular weight excluding hydrogens is 318 g/mol. The Hall–Kier alpha value is -2.86. The maximum atomic E-state index is 11.9. The van der Waals surface area contributed by atoms with Crippen LogP contribution < -0.4 is 16.0 Å². The van der Waals surface area contributed by atoms with Crippen LogP contribution in [0.1, 0.15) is 16.7 Å². The van der Waals surface area contributed by atoms with Crippen LogP contribution in [0.15, 0.2) is 48.5 Å². The summed E-state index contributed by atoms with van der Waals surface area (Å²) in [5, 5.41) is 8.00. The molecule has 0 atom stereocenters. The van der Waals surface area contributed by atoms with Gasteiger partial charge in [0, 0.05) is 19.3 Å². The zero-order valence-electron chi connectivity index (χ0n) is 14.5. The van der Waals surface area contributed by atoms with Gasteiger partial charge in [-0.2, -0.15) is 0 Å². The molecule has 25 heavy (non-hydrogen) atoms. The van der Waals surface area contributed by atoms with E-state index >= 15 is 0 Å². The molecule has 6 nitrogen and oxygen atoms in total. The fraction of sp³-hybridized carbons (Fsp3) is 0.263. The van der Waals surface area contributed by atoms with Crippen molar-refractivity contribution in [3.63, 3.8) is 0 Å². The molecule has 0 spiro atoms. The highest BCUT2D eigenvalue weighted by Crippen LogP contribution is 2.09. The molecule has 2 rings (SSSR count). The van der Waals surface area contributed by atoms with E-state index in [9.17, 15) is 9.59 Å². The van der Waals surface area contributed by atoms with Crippen LogP contribution in [0.25, 0.3) is 0 Å². The highest BCUT2D eigenvalue weighted by Gasteiger charge is 2.06. The average Bonchev–Trinajstić information content (AvgIpc) is 2.59. The lowest BCUT2D eigenvalue weighted by atomic mass is 10.1. The van der Waals surface area contributed by atoms with Gasteiger partial charge in [-0.15, -0.1) is 0 Å². The monoisotopic (exact) mass is 341 g/mol. The maximum Gasteiger partial charge on any atom is 0.319 e. The Balaban J connectivity index is 1.73. The van der Waals surface area contributed by atoms with Crippen molar-refractivity contribution in [2.24, 2.45) is 0 Å². The molecule has 2 aromatic carbocycles. The van der Waals surface area contributed by atoms with Gasteiger partial charge in [0.1, 0.15) is 0 Å². The third-order valence-corrected chi connectivity index (χ3v) is 3.48. The number of urea groups is 1. The molecule has 0 aromatic heterocycles. The van der Waals surface area contributed by atoms with Gasteiger partial charge in [-0.05, 0) is 35.7 Å². The lowest BCUT2D eigenvalue weighted by Gasteiger charge is -2.09. The topological polar surface area (TPSA) is 79.5 Å². The van der Waals surface area contributed by atoms with Crippen LogP contribution in [0.3, 0.4) is 0 Å². The number of hydrogen-bond acceptors (Lipinski definition) is 3. The summed E-state index contributed by atoms with van der Waals surface area (Å²) < 4.78 is 5.09. The van der Waals surface area contributed by atoms with Gasteiger partial charge in [-0.25, -0.2) is 4.79 Å². The predicted molar refractivity (Wildman–Crippen MR) is 97.2 cm³/mol. The highest BCUT2D eigenvalue weighted by molar-refractivity contribution is 5.92. The van der Waals surface area contributed by atoms with Crippen molar-refractivity contribution < 1.29 is 14.3 Å². The molecular formula is C19H23N3O3. The summed E-state index contributed by atoms with van der Waals surface area (Å²) in [6, 6.07) is 14.8. The van der Waals surface area contributed by atoms with Gasteiger partial charge >= 0.3 is 6.03 Å². The molecule has 2 aromatic rings. The summed E-state index contributed by atoms with van der Waals surface area (Å²) in [6.45, 7) is 2.79. The summed E-state index contributed by atoms with van der Waals surface area (Å²) in [5.41, 5.74) is 3.76. The Morgan fingerprint density at radius 2 is 1.76 bits per heavy atom. The first-order chi connectivity index (χ1) is 12.1. The molecule has 0 saturated heterocycles. The molecule has 0 aliphatic carbocycles. The highest BCUT2D eigenvalue weighted by atomic mass is 16.5. The molecule has 0 saturated carbocycles. The third-order valence-electron chi connectivity index (χ3n) is 3.48. The van der Waals surface area contributed by atoms with Crippen LogP contribution in [0.2, 0.25) is 0 Å². The van der Waals surface area contributed by atoms with Gasteiger partial charge in [-0.1, -0.05) is 36.4 Å². The number of aryl methyl sites for hydroxylation is 1. The van der Waals surface area contributed by atoms with Gasteiger partial charge in [0.2, 0.25) is 5.91 Å². The Morgan fingerprint density at radius 3 is 2.52 bits per heavy atom. The summed E-state index contributed by atoms with van der Waals surface area (Å²) >= 11 is 0. The Morgan fingerprint density at radius 1 is 1.00 bits per heavy atom. The van der Waals surface area contributed by atoms with Crippen LogP contribution in [-0.2, 0) is 22.7 Å². The minimum absolute atomic E-state index is 0.0879. The first-order valence-corrected chi connectivity index (χ1v) is 8.02. The van der Waals surface area contributed by atoms with Crippen LogP contribution >= 0.6 is 0 Å². The summed E-state index contributed by atoms with van der Waals surface area (Å²) in [5.74, 6) is -0.253. The lowest BCUT2D eigenvalue weighted by Crippen LogP contribution is -2.38. The molecule has 132 valence electrons. The smallest absolute Gasteiger partial charge is 0.319 e. The van der Waals surface area contributed by atoms with Crippen molar-refractivity contribution in [2.75, 3.05) is 19.0 Å². The van der Waals surface area contributed by atoms with E-state index < -0.39 is 6.03 Å². The third kappa shape index (κ3) is 6.64. The Bertz CT molecular complexity index is 731. The second-order valence-corrected chi connectivity index (χ2v) is 5.71. The molecule has 0 bridgehead atoms. The van der Waals surface area contributed by atoms with Crippen molar-refractivity contribution in [1.29, 1.82) is 0 Å². The number of carbonyl (C=O) groups is 2. The largest absolute Gasteiger partial charge is 0.380 e. The second kappa shape index (κ2) is 9.44. The van der Waals surface area contributed by atoms with Gasteiger partial charge < -0.3 is 20.7 Å². The van der Waals surface area contributed by atoms with Crippen molar-refractivity contribution >= 4 is 17.6 Å². The van der Waals surface area contributed by atoms with Crippen LogP contribution in [0.5, 0.6) is 0 Å². The predicted octanol–water partition coefficient (Wildman–Crippen LogP) is 2.58. The minimum Gasteiger partial charge on any atom is -0.380 e. The van der Waals surface area contributed by atoms with E-state index in [0.717, 1.165) is 16.7 Å². The molecule has 0 radical (unpaired) electrons. The van der Waals surface area contributed by atoms with Gasteiger partial charge in [-0.3, -0.25) is 4.79 Å². The number of amides is 3. The summed E-state index contributed by atoms with van der Waals surface area (Å²) in [4.78, 5) is 23.7. The second-order valence-electron chi connectivity index (χ2n) is 5.71. The zero-order valence-corrected chi connectivity index (χ0v) is 14.5. The number of anilines is 1. The number of carbonyl (C=O) groups excluding carboxylic acids is 2. The Labute approximate surface area is 147 Å². The molecule has 0 fully saturated rings. The van der Waals surface area contributed by atoms with E-state index in [-0.39, 0.29) is 12.5 Å². The van der Waals surface area contributed by atoms with E-state index in [1.807, 2.05) is 49.4 Å². The molecule has 6 heteroatoms. The quantitative estimate of drug-likeness (QED) is 0.724. The van der Waals surface area contributed by atoms with Crippen molar-refractivity contribution in [3.8, 4) is 0 Å². The van der Waals surface area contributed by atoms with Crippen molar-refractivity contribution in [2.45, 2.75) is 20.1 Å². The number of nitrogens with one attached hydrogen (secondary N) is 3. The minimum atomic E-state index is -0.414. The fourth-order valence-electron chi connectivity index (χ4n) is 2.32. The molecule has 0 aliphatic rings. The molecule has 0 heterocycles. The average molecular weight is 341 g/mol. The van der Waals surface area contributed by atoms with Gasteiger partial charge in [0.15, 0.2) is 0 Å². The SMILES string of the molecule is COCc1cccc(CNC(=O)CNC(=O)Nc2cccc(C)c2)c1. The molecule has 3 amide bonds. The summed E-state index contributed by atoms with van der Waals surface area (Å²) in [7, 11) is 1.64. The van der Waals surface area contributed by atoms with E-state index in [4.69, 9.17) is 4.74 Å². The van der Waals surface area contributed by atoms with Crippen LogP contribution in [-0.4, -0.2) is 25.6 Å². The normalized spacial score (nSPS) is 10.2. The van der Waals surface area contributed by atoms with E-state index in [1.54, 1.807) is 13.2 Å². The number of hydrogen-bond donors (Lipinski definition) is 3. The van der Waals surface area contributed by atoms with E-state index in [0.29, 0.717) is 18.8 Å². The van der Waals surface area contributed by atoms with Gasteiger partial charge in [0.05, 0.1) is 13.2 Å². The van der Waals surface area contributed by atoms with Crippen LogP contribution in [0.4, 0.5) is 10.5 Å². The number of ether oxygens (including phenoxy) is 1. The number of rotatable bonds is 7. The maximum absolute atomic E-state index is 11.9. The zero-order chi connectivity index (χ0) is 18.1. The number of methoxy groups -OCH3 is 1. The first kappa shape index (κ1) is 18.5. The lowest BCUT2D eigenvalue weighted by molar-refractivity contribution is -0.120. The van der Waals surface area contributed by atoms with Crippen molar-refractivity contribution in [1.82, 2.24) is 10.6 Å². The van der Waals surface area contributed by atoms with E-state index in [1.165, 1.54) is 0 Å². The van der Waals surface area contributed by atoms with Gasteiger partial charge in [0.25, 0.3) is 0 Å². The van der Waals surface area contributed by atoms with E-state index in [2.05, 4.69) is 16.0 Å². The summed E-state index contributed by atoms with van der Waals surface area (Å²) in [6.07, 6.45) is 0. The Kier molecular flexibility index (Phi) is 6.98.